The fourth-order valence-corrected chi connectivity index (χ4v) is 5.68. The molecule has 1 aliphatic heterocycles. The number of hydrogen-bond donors (Lipinski definition) is 3. The van der Waals surface area contributed by atoms with Gasteiger partial charge >= 0.3 is 5.97 Å². The van der Waals surface area contributed by atoms with E-state index >= 15 is 0 Å². The molecule has 1 fully saturated rings. The Hall–Kier alpha value is -4.82. The van der Waals surface area contributed by atoms with Gasteiger partial charge in [-0.2, -0.15) is 0 Å². The van der Waals surface area contributed by atoms with Gasteiger partial charge in [0.25, 0.3) is 0 Å². The van der Waals surface area contributed by atoms with Crippen molar-refractivity contribution in [2.75, 3.05) is 26.2 Å². The van der Waals surface area contributed by atoms with E-state index in [4.69, 9.17) is 9.84 Å². The maximum absolute atomic E-state index is 10.2. The minimum Gasteiger partial charge on any atom is -0.508 e. The normalized spacial score (nSPS) is 13.6. The number of aromatic hydroxyl groups is 2. The van der Waals surface area contributed by atoms with E-state index in [-0.39, 0.29) is 17.1 Å². The highest BCUT2D eigenvalue weighted by Gasteiger charge is 2.17. The molecule has 3 heterocycles. The molecule has 5 aromatic rings. The molecule has 0 amide bonds. The van der Waals surface area contributed by atoms with E-state index in [2.05, 4.69) is 45.6 Å². The summed E-state index contributed by atoms with van der Waals surface area (Å²) in [5.41, 5.74) is 5.69. The Balaban J connectivity index is 0.000000367. The third kappa shape index (κ3) is 7.76. The Labute approximate surface area is 257 Å². The molecule has 8 heteroatoms. The van der Waals surface area contributed by atoms with E-state index in [1.165, 1.54) is 62.8 Å². The summed E-state index contributed by atoms with van der Waals surface area (Å²) in [5.74, 6) is 0.471. The van der Waals surface area contributed by atoms with Gasteiger partial charge in [-0.3, -0.25) is 9.88 Å². The molecule has 0 atom stereocenters. The van der Waals surface area contributed by atoms with Crippen LogP contribution in [-0.4, -0.2) is 62.0 Å². The van der Waals surface area contributed by atoms with Gasteiger partial charge in [-0.25, -0.2) is 4.79 Å². The highest BCUT2D eigenvalue weighted by atomic mass is 16.5. The molecular formula is C36H39N3O5. The smallest absolute Gasteiger partial charge is 0.337 e. The molecule has 1 saturated heterocycles. The lowest BCUT2D eigenvalue weighted by atomic mass is 10.1. The summed E-state index contributed by atoms with van der Waals surface area (Å²) < 4.78 is 8.33. The number of aromatic nitrogens is 2. The summed E-state index contributed by atoms with van der Waals surface area (Å²) in [7, 11) is 0. The Morgan fingerprint density at radius 2 is 1.59 bits per heavy atom. The molecule has 0 spiro atoms. The second-order valence-corrected chi connectivity index (χ2v) is 11.1. The standard InChI is InChI=1S/C30H34N2O3.C6H5NO2/c1-22-28-20-26(34)12-15-29(28)32(30(22)24-8-10-25(33)11-9-24)21-23-6-13-27(14-7-23)35-19-18-31-16-4-2-3-5-17-31;8-6(9)5-2-1-3-7-4-5/h6-15,20,33-34H,2-5,16-19,21H2,1H3;1-4H,(H,8,9). The van der Waals surface area contributed by atoms with Gasteiger partial charge in [0.15, 0.2) is 0 Å². The van der Waals surface area contributed by atoms with Crippen LogP contribution < -0.4 is 4.74 Å². The van der Waals surface area contributed by atoms with Gasteiger partial charge in [0.1, 0.15) is 23.9 Å². The summed E-state index contributed by atoms with van der Waals surface area (Å²) in [6.07, 6.45) is 8.14. The number of hydrogen-bond acceptors (Lipinski definition) is 6. The maximum Gasteiger partial charge on any atom is 0.337 e. The predicted molar refractivity (Wildman–Crippen MR) is 173 cm³/mol. The molecule has 0 unspecified atom stereocenters. The molecule has 3 N–H and O–H groups in total. The Morgan fingerprint density at radius 3 is 2.23 bits per heavy atom. The SMILES string of the molecule is Cc1c(-c2ccc(O)cc2)n(Cc2ccc(OCCN3CCCCCC3)cc2)c2ccc(O)cc12.O=C(O)c1cccnc1. The first-order valence-electron chi connectivity index (χ1n) is 15.1. The second-order valence-electron chi connectivity index (χ2n) is 11.1. The van der Waals surface area contributed by atoms with Crippen LogP contribution in [-0.2, 0) is 6.54 Å². The fourth-order valence-electron chi connectivity index (χ4n) is 5.68. The summed E-state index contributed by atoms with van der Waals surface area (Å²) in [5, 5.41) is 29.2. The Morgan fingerprint density at radius 1 is 0.886 bits per heavy atom. The van der Waals surface area contributed by atoms with Crippen LogP contribution in [0.2, 0.25) is 0 Å². The molecule has 3 aromatic carbocycles. The average molecular weight is 594 g/mol. The van der Waals surface area contributed by atoms with Crippen LogP contribution in [0, 0.1) is 6.92 Å². The van der Waals surface area contributed by atoms with Crippen LogP contribution in [0.1, 0.15) is 47.2 Å². The van der Waals surface area contributed by atoms with Crippen molar-refractivity contribution in [3.63, 3.8) is 0 Å². The van der Waals surface area contributed by atoms with Gasteiger partial charge in [-0.1, -0.05) is 25.0 Å². The third-order valence-electron chi connectivity index (χ3n) is 7.99. The Bertz CT molecular complexity index is 1660. The number of aryl methyl sites for hydroxylation is 1. The molecule has 8 nitrogen and oxygen atoms in total. The first-order chi connectivity index (χ1) is 21.4. The van der Waals surface area contributed by atoms with Gasteiger partial charge in [0.05, 0.1) is 11.3 Å². The number of carboxylic acids is 1. The summed E-state index contributed by atoms with van der Waals surface area (Å²) in [4.78, 5) is 16.3. The molecule has 6 rings (SSSR count). The van der Waals surface area contributed by atoms with Gasteiger partial charge in [0, 0.05) is 36.4 Å². The number of fused-ring (bicyclic) bond motifs is 1. The average Bonchev–Trinajstić information content (AvgIpc) is 3.17. The van der Waals surface area contributed by atoms with Crippen molar-refractivity contribution in [3.8, 4) is 28.5 Å². The van der Waals surface area contributed by atoms with Gasteiger partial charge in [0.2, 0.25) is 0 Å². The molecule has 2 aromatic heterocycles. The highest BCUT2D eigenvalue weighted by Crippen LogP contribution is 2.36. The fraction of sp³-hybridized carbons (Fsp3) is 0.278. The quantitative estimate of drug-likeness (QED) is 0.176. The van der Waals surface area contributed by atoms with Crippen molar-refractivity contribution < 1.29 is 24.9 Å². The zero-order chi connectivity index (χ0) is 30.9. The van der Waals surface area contributed by atoms with Crippen molar-refractivity contribution in [1.82, 2.24) is 14.5 Å². The lowest BCUT2D eigenvalue weighted by molar-refractivity contribution is 0.0696. The van der Waals surface area contributed by atoms with Crippen molar-refractivity contribution in [2.45, 2.75) is 39.2 Å². The van der Waals surface area contributed by atoms with Crippen LogP contribution in [0.15, 0.2) is 91.3 Å². The summed E-state index contributed by atoms with van der Waals surface area (Å²) in [6, 6.07) is 24.3. The van der Waals surface area contributed by atoms with E-state index in [0.29, 0.717) is 6.54 Å². The number of phenols is 2. The number of nitrogens with zero attached hydrogens (tertiary/aromatic N) is 3. The van der Waals surface area contributed by atoms with Crippen LogP contribution in [0.4, 0.5) is 0 Å². The van der Waals surface area contributed by atoms with E-state index in [9.17, 15) is 15.0 Å². The van der Waals surface area contributed by atoms with Crippen molar-refractivity contribution in [1.29, 1.82) is 0 Å². The number of carbonyl (C=O) groups is 1. The number of rotatable bonds is 8. The minimum atomic E-state index is -0.942. The topological polar surface area (TPSA) is 108 Å². The number of likely N-dealkylation sites (tertiary alicyclic amines) is 1. The molecule has 0 radical (unpaired) electrons. The molecule has 0 saturated carbocycles. The molecule has 0 bridgehead atoms. The molecule has 44 heavy (non-hydrogen) atoms. The van der Waals surface area contributed by atoms with Gasteiger partial charge in [-0.05, 0) is 116 Å². The van der Waals surface area contributed by atoms with E-state index in [1.54, 1.807) is 24.3 Å². The predicted octanol–water partition coefficient (Wildman–Crippen LogP) is 7.11. The van der Waals surface area contributed by atoms with Crippen LogP contribution in [0.5, 0.6) is 17.2 Å². The number of carboxylic acid groups (broad SMARTS) is 1. The van der Waals surface area contributed by atoms with E-state index < -0.39 is 5.97 Å². The van der Waals surface area contributed by atoms with Gasteiger partial charge < -0.3 is 24.6 Å². The van der Waals surface area contributed by atoms with E-state index in [0.717, 1.165) is 46.6 Å². The van der Waals surface area contributed by atoms with Crippen LogP contribution in [0.25, 0.3) is 22.2 Å². The lowest BCUT2D eigenvalue weighted by Gasteiger charge is -2.19. The monoisotopic (exact) mass is 593 g/mol. The third-order valence-corrected chi connectivity index (χ3v) is 7.99. The summed E-state index contributed by atoms with van der Waals surface area (Å²) in [6.45, 7) is 6.86. The first-order valence-corrected chi connectivity index (χ1v) is 15.1. The molecule has 0 aliphatic carbocycles. The second kappa shape index (κ2) is 14.6. The number of pyridine rings is 1. The van der Waals surface area contributed by atoms with Crippen LogP contribution >= 0.6 is 0 Å². The highest BCUT2D eigenvalue weighted by molar-refractivity contribution is 5.92. The van der Waals surface area contributed by atoms with Crippen molar-refractivity contribution in [3.05, 3.63) is 108 Å². The van der Waals surface area contributed by atoms with Crippen LogP contribution in [0.3, 0.4) is 0 Å². The summed E-state index contributed by atoms with van der Waals surface area (Å²) >= 11 is 0. The largest absolute Gasteiger partial charge is 0.508 e. The van der Waals surface area contributed by atoms with Crippen molar-refractivity contribution in [2.24, 2.45) is 0 Å². The number of ether oxygens (including phenoxy) is 1. The molecular weight excluding hydrogens is 554 g/mol. The zero-order valence-corrected chi connectivity index (χ0v) is 25.0. The minimum absolute atomic E-state index is 0.220. The van der Waals surface area contributed by atoms with E-state index in [1.807, 2.05) is 24.3 Å². The molecule has 228 valence electrons. The van der Waals surface area contributed by atoms with Crippen molar-refractivity contribution >= 4 is 16.9 Å². The lowest BCUT2D eigenvalue weighted by Crippen LogP contribution is -2.29. The number of benzene rings is 3. The molecule has 1 aliphatic rings. The maximum atomic E-state index is 10.2. The van der Waals surface area contributed by atoms with Gasteiger partial charge in [-0.15, -0.1) is 0 Å². The number of aromatic carboxylic acids is 1. The Kier molecular flexibility index (Phi) is 10.1. The first kappa shape index (κ1) is 30.6. The zero-order valence-electron chi connectivity index (χ0n) is 25.0. The number of phenolic OH excluding ortho intramolecular Hbond substituents is 2.